The highest BCUT2D eigenvalue weighted by molar-refractivity contribution is 4.43. The third-order valence-electron chi connectivity index (χ3n) is 0.866. The van der Waals surface area contributed by atoms with Crippen molar-refractivity contribution in [3.05, 3.63) is 6.61 Å². The van der Waals surface area contributed by atoms with Crippen molar-refractivity contribution in [2.45, 2.75) is 13.3 Å². The van der Waals surface area contributed by atoms with Gasteiger partial charge in [0.25, 0.3) is 0 Å². The fourth-order valence-corrected chi connectivity index (χ4v) is 0.475. The number of aliphatic hydroxyl groups is 1. The van der Waals surface area contributed by atoms with Crippen molar-refractivity contribution in [2.24, 2.45) is 0 Å². The second kappa shape index (κ2) is 8.88. The molecular weight excluding hydrogens is 132 g/mol. The largest absolute Gasteiger partial charge is 0.394 e. The zero-order valence-electron chi connectivity index (χ0n) is 6.38. The van der Waals surface area contributed by atoms with E-state index in [1.165, 1.54) is 0 Å². The molecule has 0 aromatic carbocycles. The van der Waals surface area contributed by atoms with Gasteiger partial charge in [0, 0.05) is 0 Å². The summed E-state index contributed by atoms with van der Waals surface area (Å²) in [6.07, 6.45) is 0.917. The molecule has 0 saturated carbocycles. The molecule has 1 N–H and O–H groups in total. The Bertz CT molecular complexity index is 48.8. The summed E-state index contributed by atoms with van der Waals surface area (Å²) in [5.74, 6) is 0. The normalized spacial score (nSPS) is 10.2. The molecule has 0 spiro atoms. The van der Waals surface area contributed by atoms with Crippen molar-refractivity contribution < 1.29 is 14.6 Å². The Morgan fingerprint density at radius 2 is 2.10 bits per heavy atom. The Hall–Kier alpha value is -0.120. The van der Waals surface area contributed by atoms with Gasteiger partial charge in [-0.15, -0.1) is 0 Å². The smallest absolute Gasteiger partial charge is 0.0835 e. The first-order chi connectivity index (χ1) is 4.91. The average Bonchev–Trinajstić information content (AvgIpc) is 1.97. The highest BCUT2D eigenvalue weighted by atomic mass is 16.5. The number of hydrogen-bond acceptors (Lipinski definition) is 3. The molecule has 10 heavy (non-hydrogen) atoms. The van der Waals surface area contributed by atoms with Gasteiger partial charge in [-0.1, -0.05) is 6.92 Å². The first-order valence-corrected chi connectivity index (χ1v) is 3.53. The van der Waals surface area contributed by atoms with E-state index in [1.807, 2.05) is 6.92 Å². The van der Waals surface area contributed by atoms with E-state index < -0.39 is 0 Å². The van der Waals surface area contributed by atoms with Gasteiger partial charge >= 0.3 is 0 Å². The molecule has 3 nitrogen and oxygen atoms in total. The maximum absolute atomic E-state index is 8.30. The van der Waals surface area contributed by atoms with Crippen LogP contribution in [0.2, 0.25) is 0 Å². The van der Waals surface area contributed by atoms with Crippen LogP contribution in [0.5, 0.6) is 0 Å². The highest BCUT2D eigenvalue weighted by Crippen LogP contribution is 1.86. The molecule has 0 fully saturated rings. The predicted octanol–water partition coefficient (Wildman–Crippen LogP) is 0.584. The fraction of sp³-hybridized carbons (Fsp3) is 0.857. The van der Waals surface area contributed by atoms with Crippen molar-refractivity contribution in [1.82, 2.24) is 0 Å². The molecule has 0 aromatic rings. The Labute approximate surface area is 62.0 Å². The molecule has 0 aliphatic carbocycles. The quantitative estimate of drug-likeness (QED) is 0.535. The Morgan fingerprint density at radius 3 is 2.70 bits per heavy atom. The van der Waals surface area contributed by atoms with E-state index in [0.29, 0.717) is 19.8 Å². The maximum Gasteiger partial charge on any atom is 0.0835 e. The van der Waals surface area contributed by atoms with Crippen molar-refractivity contribution in [2.75, 3.05) is 26.4 Å². The first-order valence-electron chi connectivity index (χ1n) is 3.53. The van der Waals surface area contributed by atoms with Crippen LogP contribution in [0.15, 0.2) is 0 Å². The highest BCUT2D eigenvalue weighted by Gasteiger charge is 1.86. The van der Waals surface area contributed by atoms with Gasteiger partial charge in [-0.2, -0.15) is 0 Å². The standard InChI is InChI=1S/C7H15O3/c1-2-4-9-6-7-10-5-3-8/h4,8H,2-3,5-7H2,1H3. The third kappa shape index (κ3) is 7.88. The second-order valence-corrected chi connectivity index (χ2v) is 1.78. The molecular formula is C7H15O3. The van der Waals surface area contributed by atoms with Gasteiger partial charge in [-0.25, -0.2) is 0 Å². The lowest BCUT2D eigenvalue weighted by atomic mass is 10.5. The maximum atomic E-state index is 8.30. The van der Waals surface area contributed by atoms with E-state index in [0.717, 1.165) is 6.42 Å². The van der Waals surface area contributed by atoms with Crippen LogP contribution in [0.1, 0.15) is 13.3 Å². The van der Waals surface area contributed by atoms with Gasteiger partial charge < -0.3 is 14.6 Å². The monoisotopic (exact) mass is 147 g/mol. The van der Waals surface area contributed by atoms with Gasteiger partial charge in [0.1, 0.15) is 0 Å². The summed E-state index contributed by atoms with van der Waals surface area (Å²) in [6, 6.07) is 0. The lowest BCUT2D eigenvalue weighted by Gasteiger charge is -2.01. The van der Waals surface area contributed by atoms with E-state index in [1.54, 1.807) is 6.61 Å². The average molecular weight is 147 g/mol. The summed E-state index contributed by atoms with van der Waals surface area (Å²) >= 11 is 0. The van der Waals surface area contributed by atoms with Crippen LogP contribution in [0.4, 0.5) is 0 Å². The van der Waals surface area contributed by atoms with Gasteiger partial charge in [0.15, 0.2) is 0 Å². The minimum Gasteiger partial charge on any atom is -0.394 e. The zero-order valence-corrected chi connectivity index (χ0v) is 6.38. The molecule has 0 atom stereocenters. The summed E-state index contributed by atoms with van der Waals surface area (Å²) in [4.78, 5) is 0. The molecule has 61 valence electrons. The Morgan fingerprint density at radius 1 is 1.30 bits per heavy atom. The van der Waals surface area contributed by atoms with Gasteiger partial charge in [-0.3, -0.25) is 0 Å². The van der Waals surface area contributed by atoms with Crippen LogP contribution >= 0.6 is 0 Å². The lowest BCUT2D eigenvalue weighted by Crippen LogP contribution is -2.05. The van der Waals surface area contributed by atoms with Crippen LogP contribution in [0.25, 0.3) is 0 Å². The molecule has 0 aliphatic rings. The molecule has 0 rings (SSSR count). The summed E-state index contributed by atoms with van der Waals surface area (Å²) in [7, 11) is 0. The van der Waals surface area contributed by atoms with E-state index in [2.05, 4.69) is 0 Å². The summed E-state index contributed by atoms with van der Waals surface area (Å²) in [5, 5.41) is 8.30. The molecule has 1 radical (unpaired) electrons. The third-order valence-corrected chi connectivity index (χ3v) is 0.866. The minimum absolute atomic E-state index is 0.0808. The molecule has 0 unspecified atom stereocenters. The second-order valence-electron chi connectivity index (χ2n) is 1.78. The molecule has 0 bridgehead atoms. The zero-order chi connectivity index (χ0) is 7.66. The Balaban J connectivity index is 2.65. The number of ether oxygens (including phenoxy) is 2. The van der Waals surface area contributed by atoms with Crippen LogP contribution in [-0.2, 0) is 9.47 Å². The number of aliphatic hydroxyl groups excluding tert-OH is 1. The van der Waals surface area contributed by atoms with Crippen LogP contribution in [0, 0.1) is 6.61 Å². The van der Waals surface area contributed by atoms with Crippen molar-refractivity contribution >= 4 is 0 Å². The predicted molar refractivity (Wildman–Crippen MR) is 38.4 cm³/mol. The molecule has 3 heteroatoms. The van der Waals surface area contributed by atoms with E-state index in [9.17, 15) is 0 Å². The van der Waals surface area contributed by atoms with E-state index >= 15 is 0 Å². The summed E-state index contributed by atoms with van der Waals surface area (Å²) in [5.41, 5.74) is 0. The van der Waals surface area contributed by atoms with Gasteiger partial charge in [0.2, 0.25) is 0 Å². The first kappa shape index (κ1) is 9.88. The van der Waals surface area contributed by atoms with Crippen LogP contribution in [0.3, 0.4) is 0 Å². The molecule has 0 heterocycles. The fourth-order valence-electron chi connectivity index (χ4n) is 0.475. The van der Waals surface area contributed by atoms with Crippen LogP contribution < -0.4 is 0 Å². The van der Waals surface area contributed by atoms with Gasteiger partial charge in [-0.05, 0) is 6.42 Å². The summed E-state index contributed by atoms with van der Waals surface area (Å²) in [6.45, 7) is 5.36. The van der Waals surface area contributed by atoms with E-state index in [-0.39, 0.29) is 6.61 Å². The van der Waals surface area contributed by atoms with E-state index in [4.69, 9.17) is 14.6 Å². The Kier molecular flexibility index (Phi) is 8.77. The van der Waals surface area contributed by atoms with Crippen molar-refractivity contribution in [3.63, 3.8) is 0 Å². The molecule has 0 aromatic heterocycles. The van der Waals surface area contributed by atoms with Gasteiger partial charge in [0.05, 0.1) is 33.0 Å². The number of rotatable bonds is 7. The molecule has 0 saturated heterocycles. The summed E-state index contributed by atoms with van der Waals surface area (Å²) < 4.78 is 9.93. The van der Waals surface area contributed by atoms with Crippen molar-refractivity contribution in [1.29, 1.82) is 0 Å². The molecule has 0 amide bonds. The lowest BCUT2D eigenvalue weighted by molar-refractivity contribution is 0.0501. The molecule has 0 aliphatic heterocycles. The van der Waals surface area contributed by atoms with Crippen molar-refractivity contribution in [3.8, 4) is 0 Å². The SMILES string of the molecule is CC[CH]OCCOCCO. The topological polar surface area (TPSA) is 38.7 Å². The number of hydrogen-bond donors (Lipinski definition) is 1. The van der Waals surface area contributed by atoms with Crippen LogP contribution in [-0.4, -0.2) is 31.5 Å². The minimum atomic E-state index is 0.0808.